The number of hydrogen-bond donors (Lipinski definition) is 1. The lowest BCUT2D eigenvalue weighted by atomic mass is 10.0. The maximum Gasteiger partial charge on any atom is 0.244 e. The second-order valence-corrected chi connectivity index (χ2v) is 6.74. The number of aromatic nitrogens is 2. The van der Waals surface area contributed by atoms with Gasteiger partial charge in [0.15, 0.2) is 0 Å². The van der Waals surface area contributed by atoms with Crippen molar-refractivity contribution >= 4 is 5.91 Å². The van der Waals surface area contributed by atoms with Crippen LogP contribution in [0.4, 0.5) is 0 Å². The third-order valence-corrected chi connectivity index (χ3v) is 5.03. The smallest absolute Gasteiger partial charge is 0.244 e. The van der Waals surface area contributed by atoms with Gasteiger partial charge in [-0.15, -0.1) is 0 Å². The predicted molar refractivity (Wildman–Crippen MR) is 88.0 cm³/mol. The molecule has 0 radical (unpaired) electrons. The van der Waals surface area contributed by atoms with E-state index in [1.807, 2.05) is 25.2 Å². The van der Waals surface area contributed by atoms with E-state index in [2.05, 4.69) is 10.4 Å². The van der Waals surface area contributed by atoms with Crippen molar-refractivity contribution in [3.8, 4) is 0 Å². The minimum atomic E-state index is -0.309. The molecule has 1 saturated carbocycles. The lowest BCUT2D eigenvalue weighted by Crippen LogP contribution is -2.45. The van der Waals surface area contributed by atoms with Crippen molar-refractivity contribution < 1.29 is 9.53 Å². The number of nitrogens with zero attached hydrogens (tertiary/aromatic N) is 3. The minimum Gasteiger partial charge on any atom is -0.375 e. The van der Waals surface area contributed by atoms with Crippen molar-refractivity contribution in [2.24, 2.45) is 7.05 Å². The molecule has 1 aromatic heterocycles. The first kappa shape index (κ1) is 16.5. The Kier molecular flexibility index (Phi) is 5.33. The molecule has 1 amide bonds. The highest BCUT2D eigenvalue weighted by Crippen LogP contribution is 2.26. The predicted octanol–water partition coefficient (Wildman–Crippen LogP) is 1.63. The normalized spacial score (nSPS) is 21.7. The third-order valence-electron chi connectivity index (χ3n) is 5.03. The van der Waals surface area contributed by atoms with Crippen LogP contribution in [0.3, 0.4) is 0 Å². The molecule has 2 aliphatic rings. The lowest BCUT2D eigenvalue weighted by Gasteiger charge is -2.35. The Morgan fingerprint density at radius 3 is 2.48 bits per heavy atom. The molecule has 0 bridgehead atoms. The van der Waals surface area contributed by atoms with Gasteiger partial charge in [0.2, 0.25) is 5.91 Å². The molecule has 128 valence electrons. The topological polar surface area (TPSA) is 59.4 Å². The van der Waals surface area contributed by atoms with Crippen LogP contribution in [0.25, 0.3) is 0 Å². The maximum absolute atomic E-state index is 12.8. The molecule has 23 heavy (non-hydrogen) atoms. The van der Waals surface area contributed by atoms with Crippen LogP contribution in [0.2, 0.25) is 0 Å². The zero-order valence-corrected chi connectivity index (χ0v) is 14.2. The standard InChI is InChI=1S/C17H28N4O2/c1-18-16(13-11-19-20(2)12-13)17(22)21-9-7-15(8-10-21)23-14-5-3-4-6-14/h11-12,14-16,18H,3-10H2,1-2H3. The summed E-state index contributed by atoms with van der Waals surface area (Å²) in [6.07, 6.45) is 11.4. The third kappa shape index (κ3) is 3.93. The Morgan fingerprint density at radius 1 is 1.26 bits per heavy atom. The Balaban J connectivity index is 1.52. The fourth-order valence-electron chi connectivity index (χ4n) is 3.71. The molecule has 6 heteroatoms. The number of ether oxygens (including phenoxy) is 1. The van der Waals surface area contributed by atoms with Crippen LogP contribution in [0, 0.1) is 0 Å². The van der Waals surface area contributed by atoms with Crippen molar-refractivity contribution in [2.45, 2.75) is 56.8 Å². The summed E-state index contributed by atoms with van der Waals surface area (Å²) in [5.41, 5.74) is 0.921. The van der Waals surface area contributed by atoms with Gasteiger partial charge in [-0.25, -0.2) is 0 Å². The Labute approximate surface area is 138 Å². The van der Waals surface area contributed by atoms with Gasteiger partial charge in [-0.3, -0.25) is 9.48 Å². The first-order valence-corrected chi connectivity index (χ1v) is 8.77. The number of carbonyl (C=O) groups excluding carboxylic acids is 1. The Bertz CT molecular complexity index is 516. The first-order valence-electron chi connectivity index (χ1n) is 8.77. The molecule has 6 nitrogen and oxygen atoms in total. The van der Waals surface area contributed by atoms with Gasteiger partial charge in [0, 0.05) is 31.9 Å². The van der Waals surface area contributed by atoms with Gasteiger partial charge in [0.1, 0.15) is 6.04 Å². The Morgan fingerprint density at radius 2 is 1.91 bits per heavy atom. The molecule has 1 unspecified atom stereocenters. The van der Waals surface area contributed by atoms with Crippen LogP contribution in [0.1, 0.15) is 50.1 Å². The number of likely N-dealkylation sites (N-methyl/N-ethyl adjacent to an activating group) is 1. The molecule has 1 aliphatic carbocycles. The van der Waals surface area contributed by atoms with E-state index >= 15 is 0 Å². The maximum atomic E-state index is 12.8. The molecular weight excluding hydrogens is 292 g/mol. The van der Waals surface area contributed by atoms with E-state index in [0.29, 0.717) is 12.2 Å². The fourth-order valence-corrected chi connectivity index (χ4v) is 3.71. The number of nitrogens with one attached hydrogen (secondary N) is 1. The number of likely N-dealkylation sites (tertiary alicyclic amines) is 1. The molecule has 1 N–H and O–H groups in total. The summed E-state index contributed by atoms with van der Waals surface area (Å²) >= 11 is 0. The Hall–Kier alpha value is -1.40. The number of piperidine rings is 1. The molecule has 3 rings (SSSR count). The van der Waals surface area contributed by atoms with E-state index in [1.165, 1.54) is 25.7 Å². The molecule has 2 fully saturated rings. The van der Waals surface area contributed by atoms with Gasteiger partial charge in [-0.1, -0.05) is 12.8 Å². The van der Waals surface area contributed by atoms with E-state index in [1.54, 1.807) is 10.9 Å². The fraction of sp³-hybridized carbons (Fsp3) is 0.765. The molecule has 0 spiro atoms. The monoisotopic (exact) mass is 320 g/mol. The summed E-state index contributed by atoms with van der Waals surface area (Å²) in [7, 11) is 3.69. The van der Waals surface area contributed by atoms with Crippen molar-refractivity contribution in [2.75, 3.05) is 20.1 Å². The van der Waals surface area contributed by atoms with E-state index in [4.69, 9.17) is 4.74 Å². The lowest BCUT2D eigenvalue weighted by molar-refractivity contribution is -0.137. The van der Waals surface area contributed by atoms with Crippen LogP contribution in [-0.4, -0.2) is 52.9 Å². The van der Waals surface area contributed by atoms with Crippen molar-refractivity contribution in [3.05, 3.63) is 18.0 Å². The van der Waals surface area contributed by atoms with Gasteiger partial charge in [0.05, 0.1) is 18.4 Å². The molecule has 1 aliphatic heterocycles. The quantitative estimate of drug-likeness (QED) is 0.896. The van der Waals surface area contributed by atoms with E-state index in [9.17, 15) is 4.79 Å². The second-order valence-electron chi connectivity index (χ2n) is 6.74. The summed E-state index contributed by atoms with van der Waals surface area (Å²) in [4.78, 5) is 14.7. The van der Waals surface area contributed by atoms with Crippen molar-refractivity contribution in [1.29, 1.82) is 0 Å². The summed E-state index contributed by atoms with van der Waals surface area (Å²) in [5, 5.41) is 7.29. The highest BCUT2D eigenvalue weighted by Gasteiger charge is 2.30. The molecule has 2 heterocycles. The van der Waals surface area contributed by atoms with Crippen molar-refractivity contribution in [1.82, 2.24) is 20.0 Å². The van der Waals surface area contributed by atoms with Gasteiger partial charge in [0.25, 0.3) is 0 Å². The average molecular weight is 320 g/mol. The van der Waals surface area contributed by atoms with Gasteiger partial charge < -0.3 is 15.0 Å². The van der Waals surface area contributed by atoms with Crippen LogP contribution < -0.4 is 5.32 Å². The number of rotatable bonds is 5. The minimum absolute atomic E-state index is 0.139. The number of amides is 1. The average Bonchev–Trinajstić information content (AvgIpc) is 3.21. The summed E-state index contributed by atoms with van der Waals surface area (Å²) < 4.78 is 7.92. The summed E-state index contributed by atoms with van der Waals surface area (Å²) in [5.74, 6) is 0.139. The number of hydrogen-bond acceptors (Lipinski definition) is 4. The second kappa shape index (κ2) is 7.45. The molecule has 0 aromatic carbocycles. The number of carbonyl (C=O) groups is 1. The molecule has 1 saturated heterocycles. The van der Waals surface area contributed by atoms with Gasteiger partial charge in [-0.05, 0) is 32.7 Å². The molecule has 1 aromatic rings. The number of aryl methyl sites for hydroxylation is 1. The zero-order valence-electron chi connectivity index (χ0n) is 14.2. The largest absolute Gasteiger partial charge is 0.375 e. The van der Waals surface area contributed by atoms with E-state index in [-0.39, 0.29) is 11.9 Å². The van der Waals surface area contributed by atoms with Crippen LogP contribution >= 0.6 is 0 Å². The van der Waals surface area contributed by atoms with E-state index < -0.39 is 0 Å². The van der Waals surface area contributed by atoms with Crippen LogP contribution in [0.15, 0.2) is 12.4 Å². The van der Waals surface area contributed by atoms with Crippen LogP contribution in [0.5, 0.6) is 0 Å². The van der Waals surface area contributed by atoms with Gasteiger partial charge >= 0.3 is 0 Å². The van der Waals surface area contributed by atoms with E-state index in [0.717, 1.165) is 31.5 Å². The zero-order chi connectivity index (χ0) is 16.2. The summed E-state index contributed by atoms with van der Waals surface area (Å²) in [6.45, 7) is 1.57. The van der Waals surface area contributed by atoms with Crippen molar-refractivity contribution in [3.63, 3.8) is 0 Å². The highest BCUT2D eigenvalue weighted by atomic mass is 16.5. The summed E-state index contributed by atoms with van der Waals surface area (Å²) in [6, 6.07) is -0.309. The van der Waals surface area contributed by atoms with Crippen LogP contribution in [-0.2, 0) is 16.6 Å². The molecule has 1 atom stereocenters. The van der Waals surface area contributed by atoms with Gasteiger partial charge in [-0.2, -0.15) is 5.10 Å². The highest BCUT2D eigenvalue weighted by molar-refractivity contribution is 5.83. The molecular formula is C17H28N4O2. The first-order chi connectivity index (χ1) is 11.2. The SMILES string of the molecule is CNC(C(=O)N1CCC(OC2CCCC2)CC1)c1cnn(C)c1.